The maximum absolute atomic E-state index is 12.0. The molecule has 0 radical (unpaired) electrons. The Labute approximate surface area is 128 Å². The Bertz CT molecular complexity index is 700. The van der Waals surface area contributed by atoms with Crippen LogP contribution in [0.4, 0.5) is 5.69 Å². The Hall–Kier alpha value is -2.63. The third-order valence-corrected chi connectivity index (χ3v) is 3.46. The number of benzene rings is 1. The van der Waals surface area contributed by atoms with E-state index in [2.05, 4.69) is 15.8 Å². The molecule has 0 saturated heterocycles. The second kappa shape index (κ2) is 6.43. The molecule has 0 saturated carbocycles. The first-order chi connectivity index (χ1) is 10.4. The Kier molecular flexibility index (Phi) is 4.60. The molecule has 0 atom stereocenters. The maximum atomic E-state index is 12.0. The highest BCUT2D eigenvalue weighted by atomic mass is 16.5. The fraction of sp³-hybridized carbons (Fsp3) is 0.312. The molecule has 1 heterocycles. The zero-order valence-corrected chi connectivity index (χ0v) is 13.1. The van der Waals surface area contributed by atoms with E-state index < -0.39 is 0 Å². The van der Waals surface area contributed by atoms with Gasteiger partial charge >= 0.3 is 0 Å². The summed E-state index contributed by atoms with van der Waals surface area (Å²) in [6, 6.07) is 5.66. The van der Waals surface area contributed by atoms with Crippen LogP contribution in [0.2, 0.25) is 0 Å². The lowest BCUT2D eigenvalue weighted by atomic mass is 10.1. The number of hydrogen-bond acceptors (Lipinski definition) is 4. The van der Waals surface area contributed by atoms with Crippen LogP contribution in [0.25, 0.3) is 0 Å². The van der Waals surface area contributed by atoms with Crippen LogP contribution in [0.5, 0.6) is 0 Å². The predicted molar refractivity (Wildman–Crippen MR) is 82.9 cm³/mol. The van der Waals surface area contributed by atoms with E-state index in [1.54, 1.807) is 13.8 Å². The lowest BCUT2D eigenvalue weighted by Gasteiger charge is -2.08. The number of carbonyl (C=O) groups is 2. The van der Waals surface area contributed by atoms with Gasteiger partial charge in [0.25, 0.3) is 5.91 Å². The van der Waals surface area contributed by atoms with E-state index in [0.717, 1.165) is 11.1 Å². The van der Waals surface area contributed by atoms with E-state index in [0.29, 0.717) is 22.7 Å². The van der Waals surface area contributed by atoms with E-state index in [1.807, 2.05) is 32.0 Å². The van der Waals surface area contributed by atoms with Gasteiger partial charge in [0.15, 0.2) is 0 Å². The van der Waals surface area contributed by atoms with Crippen LogP contribution in [0.3, 0.4) is 0 Å². The van der Waals surface area contributed by atoms with Crippen LogP contribution in [0.1, 0.15) is 32.9 Å². The third kappa shape index (κ3) is 3.52. The Morgan fingerprint density at radius 2 is 1.86 bits per heavy atom. The SMILES string of the molecule is Cc1ccc(NC(=O)CNC(=O)c2c(C)noc2C)cc1C. The molecule has 2 rings (SSSR count). The highest BCUT2D eigenvalue weighted by Gasteiger charge is 2.17. The molecular weight excluding hydrogens is 282 g/mol. The minimum atomic E-state index is -0.369. The van der Waals surface area contributed by atoms with E-state index in [1.165, 1.54) is 0 Å². The zero-order chi connectivity index (χ0) is 16.3. The van der Waals surface area contributed by atoms with E-state index >= 15 is 0 Å². The highest BCUT2D eigenvalue weighted by Crippen LogP contribution is 2.14. The first kappa shape index (κ1) is 15.8. The molecular formula is C16H19N3O3. The maximum Gasteiger partial charge on any atom is 0.257 e. The quantitative estimate of drug-likeness (QED) is 0.907. The van der Waals surface area contributed by atoms with Gasteiger partial charge in [0, 0.05) is 5.69 Å². The van der Waals surface area contributed by atoms with Crippen LogP contribution < -0.4 is 10.6 Å². The standard InChI is InChI=1S/C16H19N3O3/c1-9-5-6-13(7-10(9)2)18-14(20)8-17-16(21)15-11(3)19-22-12(15)4/h5-7H,8H2,1-4H3,(H,17,21)(H,18,20). The molecule has 0 unspecified atom stereocenters. The molecule has 2 N–H and O–H groups in total. The van der Waals surface area contributed by atoms with Gasteiger partial charge in [-0.1, -0.05) is 11.2 Å². The largest absolute Gasteiger partial charge is 0.361 e. The lowest BCUT2D eigenvalue weighted by molar-refractivity contribution is -0.115. The zero-order valence-electron chi connectivity index (χ0n) is 13.1. The molecule has 0 aliphatic carbocycles. The van der Waals surface area contributed by atoms with Crippen molar-refractivity contribution in [3.63, 3.8) is 0 Å². The number of amides is 2. The van der Waals surface area contributed by atoms with Crippen LogP contribution in [0, 0.1) is 27.7 Å². The van der Waals surface area contributed by atoms with Crippen molar-refractivity contribution in [3.8, 4) is 0 Å². The van der Waals surface area contributed by atoms with Crippen molar-refractivity contribution in [1.29, 1.82) is 0 Å². The van der Waals surface area contributed by atoms with Gasteiger partial charge in [0.05, 0.1) is 12.2 Å². The highest BCUT2D eigenvalue weighted by molar-refractivity contribution is 6.00. The second-order valence-electron chi connectivity index (χ2n) is 5.23. The monoisotopic (exact) mass is 301 g/mol. The number of anilines is 1. The van der Waals surface area contributed by atoms with Gasteiger partial charge in [-0.2, -0.15) is 0 Å². The summed E-state index contributed by atoms with van der Waals surface area (Å²) in [7, 11) is 0. The van der Waals surface area contributed by atoms with Crippen LogP contribution in [0.15, 0.2) is 22.7 Å². The van der Waals surface area contributed by atoms with Gasteiger partial charge in [0.2, 0.25) is 5.91 Å². The molecule has 0 fully saturated rings. The molecule has 0 aliphatic rings. The summed E-state index contributed by atoms with van der Waals surface area (Å²) in [5.41, 5.74) is 3.84. The first-order valence-electron chi connectivity index (χ1n) is 6.96. The summed E-state index contributed by atoms with van der Waals surface area (Å²) in [6.07, 6.45) is 0. The second-order valence-corrected chi connectivity index (χ2v) is 5.23. The normalized spacial score (nSPS) is 10.4. The average molecular weight is 301 g/mol. The Balaban J connectivity index is 1.93. The number of nitrogens with zero attached hydrogens (tertiary/aromatic N) is 1. The van der Waals surface area contributed by atoms with Gasteiger partial charge in [-0.15, -0.1) is 0 Å². The number of rotatable bonds is 4. The summed E-state index contributed by atoms with van der Waals surface area (Å²) in [6.45, 7) is 7.20. The summed E-state index contributed by atoms with van der Waals surface area (Å²) in [4.78, 5) is 23.9. The molecule has 22 heavy (non-hydrogen) atoms. The van der Waals surface area contributed by atoms with E-state index in [4.69, 9.17) is 4.52 Å². The van der Waals surface area contributed by atoms with Crippen molar-refractivity contribution in [2.45, 2.75) is 27.7 Å². The van der Waals surface area contributed by atoms with Crippen molar-refractivity contribution in [2.24, 2.45) is 0 Å². The van der Waals surface area contributed by atoms with Gasteiger partial charge in [-0.05, 0) is 51.0 Å². The molecule has 2 aromatic rings. The van der Waals surface area contributed by atoms with Crippen LogP contribution >= 0.6 is 0 Å². The van der Waals surface area contributed by atoms with E-state index in [9.17, 15) is 9.59 Å². The molecule has 6 heteroatoms. The molecule has 6 nitrogen and oxygen atoms in total. The van der Waals surface area contributed by atoms with Crippen molar-refractivity contribution in [3.05, 3.63) is 46.3 Å². The number of aromatic nitrogens is 1. The minimum absolute atomic E-state index is 0.115. The van der Waals surface area contributed by atoms with Crippen molar-refractivity contribution < 1.29 is 14.1 Å². The molecule has 1 aromatic heterocycles. The molecule has 0 bridgehead atoms. The molecule has 2 amide bonds. The van der Waals surface area contributed by atoms with Gasteiger partial charge in [-0.25, -0.2) is 0 Å². The van der Waals surface area contributed by atoms with Crippen LogP contribution in [-0.2, 0) is 4.79 Å². The number of hydrogen-bond donors (Lipinski definition) is 2. The van der Waals surface area contributed by atoms with Crippen LogP contribution in [-0.4, -0.2) is 23.5 Å². The van der Waals surface area contributed by atoms with Gasteiger partial charge < -0.3 is 15.2 Å². The minimum Gasteiger partial charge on any atom is -0.361 e. The fourth-order valence-electron chi connectivity index (χ4n) is 2.08. The summed E-state index contributed by atoms with van der Waals surface area (Å²) in [5.74, 6) is -0.223. The topological polar surface area (TPSA) is 84.2 Å². The summed E-state index contributed by atoms with van der Waals surface area (Å²) in [5, 5.41) is 9.02. The Morgan fingerprint density at radius 1 is 1.14 bits per heavy atom. The molecule has 116 valence electrons. The molecule has 1 aromatic carbocycles. The fourth-order valence-corrected chi connectivity index (χ4v) is 2.08. The predicted octanol–water partition coefficient (Wildman–Crippen LogP) is 2.28. The molecule has 0 spiro atoms. The van der Waals surface area contributed by atoms with Crippen molar-refractivity contribution >= 4 is 17.5 Å². The smallest absolute Gasteiger partial charge is 0.257 e. The average Bonchev–Trinajstić information content (AvgIpc) is 2.80. The first-order valence-corrected chi connectivity index (χ1v) is 6.96. The number of aryl methyl sites for hydroxylation is 4. The number of nitrogens with one attached hydrogen (secondary N) is 2. The number of carbonyl (C=O) groups excluding carboxylic acids is 2. The van der Waals surface area contributed by atoms with Crippen molar-refractivity contribution in [2.75, 3.05) is 11.9 Å². The molecule has 0 aliphatic heterocycles. The summed E-state index contributed by atoms with van der Waals surface area (Å²) >= 11 is 0. The third-order valence-electron chi connectivity index (χ3n) is 3.46. The summed E-state index contributed by atoms with van der Waals surface area (Å²) < 4.78 is 4.93. The van der Waals surface area contributed by atoms with Gasteiger partial charge in [0.1, 0.15) is 11.3 Å². The van der Waals surface area contributed by atoms with Gasteiger partial charge in [-0.3, -0.25) is 9.59 Å². The lowest BCUT2D eigenvalue weighted by Crippen LogP contribution is -2.33. The van der Waals surface area contributed by atoms with E-state index in [-0.39, 0.29) is 18.4 Å². The van der Waals surface area contributed by atoms with Crippen molar-refractivity contribution in [1.82, 2.24) is 10.5 Å². The Morgan fingerprint density at radius 3 is 2.45 bits per heavy atom.